The quantitative estimate of drug-likeness (QED) is 0.431. The third kappa shape index (κ3) is 2.95. The molecule has 0 amide bonds. The molecule has 3 N–H and O–H groups in total. The summed E-state index contributed by atoms with van der Waals surface area (Å²) in [4.78, 5) is 17.5. The predicted molar refractivity (Wildman–Crippen MR) is 54.8 cm³/mol. The van der Waals surface area contributed by atoms with Crippen LogP contribution in [-0.2, 0) is 0 Å². The Hall–Kier alpha value is -1.23. The highest BCUT2D eigenvalue weighted by Crippen LogP contribution is 2.18. The monoisotopic (exact) mass is 197 g/mol. The van der Waals surface area contributed by atoms with Crippen LogP contribution >= 0.6 is 11.8 Å². The summed E-state index contributed by atoms with van der Waals surface area (Å²) < 4.78 is 0. The zero-order valence-electron chi connectivity index (χ0n) is 7.28. The fourth-order valence-electron chi connectivity index (χ4n) is 0.733. The van der Waals surface area contributed by atoms with Gasteiger partial charge in [0.25, 0.3) is 5.56 Å². The molecule has 1 aromatic rings. The van der Waals surface area contributed by atoms with E-state index < -0.39 is 0 Å². The standard InChI is InChI=1S/C8H11N3OS/c1-3-5(2)13-8-10-6(9)4-7(12)11-8/h3-5H,1H2,2H3,(H3,9,10,11,12). The Kier molecular flexibility index (Phi) is 3.13. The molecule has 0 fully saturated rings. The van der Waals surface area contributed by atoms with Crippen molar-refractivity contribution in [1.29, 1.82) is 0 Å². The van der Waals surface area contributed by atoms with Gasteiger partial charge in [-0.1, -0.05) is 17.8 Å². The molecule has 1 heterocycles. The first-order valence-corrected chi connectivity index (χ1v) is 4.66. The lowest BCUT2D eigenvalue weighted by molar-refractivity contribution is 0.941. The molecule has 1 rings (SSSR count). The van der Waals surface area contributed by atoms with E-state index in [1.54, 1.807) is 6.08 Å². The first-order chi connectivity index (χ1) is 6.11. The summed E-state index contributed by atoms with van der Waals surface area (Å²) in [5.41, 5.74) is 5.18. The van der Waals surface area contributed by atoms with Gasteiger partial charge in [-0.25, -0.2) is 4.98 Å². The van der Waals surface area contributed by atoms with E-state index in [1.165, 1.54) is 17.8 Å². The minimum atomic E-state index is -0.230. The molecule has 0 aliphatic rings. The van der Waals surface area contributed by atoms with Crippen molar-refractivity contribution in [3.05, 3.63) is 29.1 Å². The van der Waals surface area contributed by atoms with Crippen molar-refractivity contribution in [2.24, 2.45) is 0 Å². The van der Waals surface area contributed by atoms with Crippen LogP contribution in [-0.4, -0.2) is 15.2 Å². The molecule has 0 aliphatic heterocycles. The van der Waals surface area contributed by atoms with E-state index in [0.717, 1.165) is 0 Å². The number of nitrogens with two attached hydrogens (primary N) is 1. The SMILES string of the molecule is C=CC(C)Sc1nc(N)cc(=O)[nH]1. The molecule has 1 atom stereocenters. The third-order valence-corrected chi connectivity index (χ3v) is 2.35. The Bertz CT molecular complexity index is 361. The van der Waals surface area contributed by atoms with Crippen LogP contribution in [0.4, 0.5) is 5.82 Å². The van der Waals surface area contributed by atoms with Gasteiger partial charge in [0.2, 0.25) is 0 Å². The van der Waals surface area contributed by atoms with Crippen LogP contribution in [0.3, 0.4) is 0 Å². The van der Waals surface area contributed by atoms with Crippen molar-refractivity contribution >= 4 is 17.6 Å². The fraction of sp³-hybridized carbons (Fsp3) is 0.250. The molecule has 1 unspecified atom stereocenters. The summed E-state index contributed by atoms with van der Waals surface area (Å²) in [6.07, 6.45) is 1.77. The normalized spacial score (nSPS) is 12.4. The molecule has 0 aromatic carbocycles. The van der Waals surface area contributed by atoms with E-state index in [4.69, 9.17) is 5.73 Å². The molecule has 70 valence electrons. The van der Waals surface area contributed by atoms with Gasteiger partial charge in [0.1, 0.15) is 5.82 Å². The van der Waals surface area contributed by atoms with E-state index in [0.29, 0.717) is 5.16 Å². The Morgan fingerprint density at radius 3 is 3.08 bits per heavy atom. The number of hydrogen-bond acceptors (Lipinski definition) is 4. The number of nitrogens with one attached hydrogen (secondary N) is 1. The number of hydrogen-bond donors (Lipinski definition) is 2. The maximum absolute atomic E-state index is 11.0. The molecule has 0 spiro atoms. The minimum absolute atomic E-state index is 0.199. The Morgan fingerprint density at radius 1 is 1.85 bits per heavy atom. The summed E-state index contributed by atoms with van der Waals surface area (Å²) in [6.45, 7) is 5.59. The van der Waals surface area contributed by atoms with Crippen molar-refractivity contribution < 1.29 is 0 Å². The van der Waals surface area contributed by atoms with Crippen molar-refractivity contribution in [1.82, 2.24) is 9.97 Å². The molecule has 1 aromatic heterocycles. The highest BCUT2D eigenvalue weighted by Gasteiger charge is 2.02. The van der Waals surface area contributed by atoms with E-state index in [9.17, 15) is 4.79 Å². The number of nitrogen functional groups attached to an aromatic ring is 1. The second kappa shape index (κ2) is 4.13. The summed E-state index contributed by atoms with van der Waals surface area (Å²) in [7, 11) is 0. The van der Waals surface area contributed by atoms with Crippen LogP contribution in [0.25, 0.3) is 0 Å². The fourth-order valence-corrected chi connectivity index (χ4v) is 1.50. The van der Waals surface area contributed by atoms with Gasteiger partial charge in [0.05, 0.1) is 0 Å². The second-order valence-corrected chi connectivity index (χ2v) is 3.90. The van der Waals surface area contributed by atoms with E-state index in [1.807, 2.05) is 6.92 Å². The van der Waals surface area contributed by atoms with Gasteiger partial charge in [-0.05, 0) is 6.92 Å². The summed E-state index contributed by atoms with van der Waals surface area (Å²) in [5, 5.41) is 0.724. The minimum Gasteiger partial charge on any atom is -0.383 e. The van der Waals surface area contributed by atoms with Crippen LogP contribution in [0.5, 0.6) is 0 Å². The Morgan fingerprint density at radius 2 is 2.54 bits per heavy atom. The molecule has 4 nitrogen and oxygen atoms in total. The molecule has 0 radical (unpaired) electrons. The number of aromatic amines is 1. The van der Waals surface area contributed by atoms with Crippen molar-refractivity contribution in [2.75, 3.05) is 5.73 Å². The van der Waals surface area contributed by atoms with Gasteiger partial charge in [-0.15, -0.1) is 6.58 Å². The van der Waals surface area contributed by atoms with Crippen molar-refractivity contribution in [3.8, 4) is 0 Å². The number of aromatic nitrogens is 2. The first-order valence-electron chi connectivity index (χ1n) is 3.78. The van der Waals surface area contributed by atoms with Gasteiger partial charge in [0.15, 0.2) is 5.16 Å². The van der Waals surface area contributed by atoms with Crippen LogP contribution in [0, 0.1) is 0 Å². The summed E-state index contributed by atoms with van der Waals surface area (Å²) in [5.74, 6) is 0.238. The molecule has 5 heteroatoms. The van der Waals surface area contributed by atoms with Gasteiger partial charge in [0, 0.05) is 11.3 Å². The number of anilines is 1. The molecular weight excluding hydrogens is 186 g/mol. The average Bonchev–Trinajstić information content (AvgIpc) is 2.02. The topological polar surface area (TPSA) is 71.8 Å². The smallest absolute Gasteiger partial charge is 0.253 e. The molecular formula is C8H11N3OS. The zero-order valence-corrected chi connectivity index (χ0v) is 8.10. The summed E-state index contributed by atoms with van der Waals surface area (Å²) >= 11 is 1.41. The number of H-pyrrole nitrogens is 1. The third-order valence-electron chi connectivity index (χ3n) is 1.37. The van der Waals surface area contributed by atoms with Crippen molar-refractivity contribution in [3.63, 3.8) is 0 Å². The molecule has 13 heavy (non-hydrogen) atoms. The Labute approximate surface area is 80.3 Å². The Balaban J connectivity index is 2.89. The van der Waals surface area contributed by atoms with Crippen LogP contribution in [0.2, 0.25) is 0 Å². The molecule has 0 bridgehead atoms. The van der Waals surface area contributed by atoms with Gasteiger partial charge < -0.3 is 10.7 Å². The number of rotatable bonds is 3. The van der Waals surface area contributed by atoms with Gasteiger partial charge in [-0.2, -0.15) is 0 Å². The largest absolute Gasteiger partial charge is 0.383 e. The maximum atomic E-state index is 11.0. The lowest BCUT2D eigenvalue weighted by Crippen LogP contribution is -2.10. The number of thioether (sulfide) groups is 1. The maximum Gasteiger partial charge on any atom is 0.253 e. The summed E-state index contributed by atoms with van der Waals surface area (Å²) in [6, 6.07) is 1.25. The van der Waals surface area contributed by atoms with E-state index in [-0.39, 0.29) is 16.6 Å². The molecule has 0 saturated heterocycles. The highest BCUT2D eigenvalue weighted by atomic mass is 32.2. The van der Waals surface area contributed by atoms with E-state index >= 15 is 0 Å². The lowest BCUT2D eigenvalue weighted by atomic mass is 10.5. The van der Waals surface area contributed by atoms with E-state index in [2.05, 4.69) is 16.5 Å². The predicted octanol–water partition coefficient (Wildman–Crippen LogP) is 1.02. The average molecular weight is 197 g/mol. The second-order valence-electron chi connectivity index (χ2n) is 2.53. The van der Waals surface area contributed by atoms with Crippen LogP contribution in [0.1, 0.15) is 6.92 Å². The van der Waals surface area contributed by atoms with Gasteiger partial charge in [-0.3, -0.25) is 4.79 Å². The van der Waals surface area contributed by atoms with Crippen LogP contribution < -0.4 is 11.3 Å². The van der Waals surface area contributed by atoms with Crippen LogP contribution in [0.15, 0.2) is 28.7 Å². The highest BCUT2D eigenvalue weighted by molar-refractivity contribution is 7.99. The molecule has 0 saturated carbocycles. The first kappa shape index (κ1) is 9.85. The zero-order chi connectivity index (χ0) is 9.84. The van der Waals surface area contributed by atoms with Gasteiger partial charge >= 0.3 is 0 Å². The number of nitrogens with zero attached hydrogens (tertiary/aromatic N) is 1. The lowest BCUT2D eigenvalue weighted by Gasteiger charge is -2.03. The molecule has 0 aliphatic carbocycles. The van der Waals surface area contributed by atoms with Crippen molar-refractivity contribution in [2.45, 2.75) is 17.3 Å².